The van der Waals surface area contributed by atoms with Gasteiger partial charge < -0.3 is 5.73 Å². The van der Waals surface area contributed by atoms with Gasteiger partial charge in [-0.15, -0.1) is 0 Å². The molecule has 0 aromatic carbocycles. The van der Waals surface area contributed by atoms with Crippen LogP contribution in [0.2, 0.25) is 0 Å². The molecule has 15 heavy (non-hydrogen) atoms. The standard InChI is InChI=1S/C13H25NO/c1-8(2)12(14)13(15)11-6-5-9(3)10(4)7-11/h8-12H,5-7,14H2,1-4H3. The minimum atomic E-state index is -0.254. The van der Waals surface area contributed by atoms with Crippen molar-refractivity contribution in [2.45, 2.75) is 53.0 Å². The number of Topliss-reactive ketones (excluding diaryl/α,β-unsaturated/α-hetero) is 1. The summed E-state index contributed by atoms with van der Waals surface area (Å²) in [6.45, 7) is 8.59. The summed E-state index contributed by atoms with van der Waals surface area (Å²) in [5, 5.41) is 0. The summed E-state index contributed by atoms with van der Waals surface area (Å²) in [6.07, 6.45) is 3.27. The zero-order valence-electron chi connectivity index (χ0n) is 10.5. The van der Waals surface area contributed by atoms with Crippen LogP contribution in [0.25, 0.3) is 0 Å². The smallest absolute Gasteiger partial charge is 0.152 e. The fraction of sp³-hybridized carbons (Fsp3) is 0.923. The Bertz CT molecular complexity index is 225. The third kappa shape index (κ3) is 3.04. The highest BCUT2D eigenvalue weighted by Gasteiger charge is 2.32. The first-order valence-electron chi connectivity index (χ1n) is 6.22. The second kappa shape index (κ2) is 5.11. The summed E-state index contributed by atoms with van der Waals surface area (Å²) in [5.74, 6) is 2.24. The van der Waals surface area contributed by atoms with Gasteiger partial charge in [-0.1, -0.05) is 27.7 Å². The van der Waals surface area contributed by atoms with Gasteiger partial charge in [-0.05, 0) is 37.0 Å². The van der Waals surface area contributed by atoms with Gasteiger partial charge in [0.25, 0.3) is 0 Å². The fourth-order valence-corrected chi connectivity index (χ4v) is 2.41. The Morgan fingerprint density at radius 3 is 2.27 bits per heavy atom. The Hall–Kier alpha value is -0.370. The lowest BCUT2D eigenvalue weighted by atomic mass is 9.72. The van der Waals surface area contributed by atoms with Crippen LogP contribution in [-0.2, 0) is 4.79 Å². The molecule has 0 aromatic rings. The second-order valence-electron chi connectivity index (χ2n) is 5.64. The lowest BCUT2D eigenvalue weighted by molar-refractivity contribution is -0.126. The van der Waals surface area contributed by atoms with E-state index in [1.165, 1.54) is 6.42 Å². The Morgan fingerprint density at radius 1 is 1.20 bits per heavy atom. The van der Waals surface area contributed by atoms with Crippen LogP contribution in [0.3, 0.4) is 0 Å². The summed E-state index contributed by atoms with van der Waals surface area (Å²) in [6, 6.07) is -0.254. The maximum atomic E-state index is 12.1. The average Bonchev–Trinajstić information content (AvgIpc) is 2.19. The Labute approximate surface area is 93.6 Å². The van der Waals surface area contributed by atoms with E-state index in [1.54, 1.807) is 0 Å². The van der Waals surface area contributed by atoms with E-state index in [4.69, 9.17) is 5.73 Å². The molecular formula is C13H25NO. The molecule has 1 saturated carbocycles. The summed E-state index contributed by atoms with van der Waals surface area (Å²) >= 11 is 0. The molecular weight excluding hydrogens is 186 g/mol. The van der Waals surface area contributed by atoms with Gasteiger partial charge in [0.2, 0.25) is 0 Å². The van der Waals surface area contributed by atoms with Crippen molar-refractivity contribution in [1.29, 1.82) is 0 Å². The molecule has 0 heterocycles. The normalized spacial score (nSPS) is 34.1. The van der Waals surface area contributed by atoms with Gasteiger partial charge in [0.1, 0.15) is 0 Å². The Balaban J connectivity index is 2.54. The van der Waals surface area contributed by atoms with Crippen LogP contribution in [0.5, 0.6) is 0 Å². The van der Waals surface area contributed by atoms with Gasteiger partial charge >= 0.3 is 0 Å². The van der Waals surface area contributed by atoms with Crippen molar-refractivity contribution in [1.82, 2.24) is 0 Å². The van der Waals surface area contributed by atoms with Crippen molar-refractivity contribution in [3.63, 3.8) is 0 Å². The van der Waals surface area contributed by atoms with E-state index in [1.807, 2.05) is 13.8 Å². The molecule has 4 unspecified atom stereocenters. The van der Waals surface area contributed by atoms with Gasteiger partial charge in [0.15, 0.2) is 5.78 Å². The summed E-state index contributed by atoms with van der Waals surface area (Å²) in [5.41, 5.74) is 5.92. The van der Waals surface area contributed by atoms with E-state index in [0.29, 0.717) is 11.7 Å². The highest BCUT2D eigenvalue weighted by molar-refractivity contribution is 5.86. The van der Waals surface area contributed by atoms with Crippen molar-refractivity contribution in [3.05, 3.63) is 0 Å². The first-order valence-corrected chi connectivity index (χ1v) is 6.22. The highest BCUT2D eigenvalue weighted by atomic mass is 16.1. The number of rotatable bonds is 3. The van der Waals surface area contributed by atoms with Crippen LogP contribution in [0.15, 0.2) is 0 Å². The molecule has 2 heteroatoms. The molecule has 4 atom stereocenters. The molecule has 2 nitrogen and oxygen atoms in total. The van der Waals surface area contributed by atoms with E-state index in [-0.39, 0.29) is 17.9 Å². The predicted octanol–water partition coefficient (Wildman–Crippen LogP) is 2.61. The topological polar surface area (TPSA) is 43.1 Å². The molecule has 0 saturated heterocycles. The minimum Gasteiger partial charge on any atom is -0.321 e. The third-order valence-corrected chi connectivity index (χ3v) is 4.05. The zero-order valence-corrected chi connectivity index (χ0v) is 10.5. The Morgan fingerprint density at radius 2 is 1.80 bits per heavy atom. The quantitative estimate of drug-likeness (QED) is 0.779. The van der Waals surface area contributed by atoms with Crippen LogP contribution in [-0.4, -0.2) is 11.8 Å². The van der Waals surface area contributed by atoms with E-state index in [0.717, 1.165) is 18.8 Å². The SMILES string of the molecule is CC(C)C(N)C(=O)C1CCC(C)C(C)C1. The van der Waals surface area contributed by atoms with Gasteiger partial charge in [-0.3, -0.25) is 4.79 Å². The lowest BCUT2D eigenvalue weighted by Gasteiger charge is -2.33. The van der Waals surface area contributed by atoms with Gasteiger partial charge in [0, 0.05) is 5.92 Å². The largest absolute Gasteiger partial charge is 0.321 e. The summed E-state index contributed by atoms with van der Waals surface area (Å²) in [7, 11) is 0. The number of nitrogens with two attached hydrogens (primary N) is 1. The van der Waals surface area contributed by atoms with Gasteiger partial charge in [0.05, 0.1) is 6.04 Å². The maximum absolute atomic E-state index is 12.1. The molecule has 0 amide bonds. The summed E-state index contributed by atoms with van der Waals surface area (Å²) in [4.78, 5) is 12.1. The van der Waals surface area contributed by atoms with Crippen molar-refractivity contribution in [2.24, 2.45) is 29.4 Å². The highest BCUT2D eigenvalue weighted by Crippen LogP contribution is 2.34. The lowest BCUT2D eigenvalue weighted by Crippen LogP contribution is -2.41. The Kier molecular flexibility index (Phi) is 4.32. The number of hydrogen-bond donors (Lipinski definition) is 1. The van der Waals surface area contributed by atoms with Gasteiger partial charge in [-0.2, -0.15) is 0 Å². The molecule has 0 radical (unpaired) electrons. The first-order chi connectivity index (χ1) is 6.93. The fourth-order valence-electron chi connectivity index (χ4n) is 2.41. The van der Waals surface area contributed by atoms with Crippen molar-refractivity contribution >= 4 is 5.78 Å². The average molecular weight is 211 g/mol. The summed E-state index contributed by atoms with van der Waals surface area (Å²) < 4.78 is 0. The molecule has 1 rings (SSSR count). The monoisotopic (exact) mass is 211 g/mol. The van der Waals surface area contributed by atoms with Crippen LogP contribution in [0.4, 0.5) is 0 Å². The first kappa shape index (κ1) is 12.7. The number of carbonyl (C=O) groups excluding carboxylic acids is 1. The molecule has 0 aromatic heterocycles. The van der Waals surface area contributed by atoms with E-state index < -0.39 is 0 Å². The van der Waals surface area contributed by atoms with Crippen molar-refractivity contribution < 1.29 is 4.79 Å². The number of ketones is 1. The number of carbonyl (C=O) groups is 1. The second-order valence-corrected chi connectivity index (χ2v) is 5.64. The van der Waals surface area contributed by atoms with Gasteiger partial charge in [-0.25, -0.2) is 0 Å². The molecule has 2 N–H and O–H groups in total. The molecule has 0 spiro atoms. The third-order valence-electron chi connectivity index (χ3n) is 4.05. The van der Waals surface area contributed by atoms with E-state index >= 15 is 0 Å². The van der Waals surface area contributed by atoms with E-state index in [2.05, 4.69) is 13.8 Å². The molecule has 1 aliphatic rings. The van der Waals surface area contributed by atoms with Crippen molar-refractivity contribution in [2.75, 3.05) is 0 Å². The molecule has 0 aliphatic heterocycles. The van der Waals surface area contributed by atoms with Crippen molar-refractivity contribution in [3.8, 4) is 0 Å². The molecule has 1 fully saturated rings. The molecule has 88 valence electrons. The maximum Gasteiger partial charge on any atom is 0.152 e. The van der Waals surface area contributed by atoms with Crippen LogP contribution in [0, 0.1) is 23.7 Å². The van der Waals surface area contributed by atoms with Crippen LogP contribution in [0.1, 0.15) is 47.0 Å². The number of hydrogen-bond acceptors (Lipinski definition) is 2. The molecule has 1 aliphatic carbocycles. The van der Waals surface area contributed by atoms with E-state index in [9.17, 15) is 4.79 Å². The minimum absolute atomic E-state index is 0.230. The zero-order chi connectivity index (χ0) is 11.6. The predicted molar refractivity (Wildman–Crippen MR) is 63.5 cm³/mol. The van der Waals surface area contributed by atoms with Crippen LogP contribution >= 0.6 is 0 Å². The van der Waals surface area contributed by atoms with Crippen LogP contribution < -0.4 is 5.73 Å². The molecule has 0 bridgehead atoms.